The maximum Gasteiger partial charge on any atom is 0.255 e. The molecule has 1 aliphatic rings. The Balaban J connectivity index is 1.62. The van der Waals surface area contributed by atoms with Gasteiger partial charge in [-0.3, -0.25) is 14.4 Å². The zero-order valence-corrected chi connectivity index (χ0v) is 17.1. The first kappa shape index (κ1) is 21.5. The number of carbonyl (C=O) groups is 3. The number of benzene rings is 2. The van der Waals surface area contributed by atoms with Gasteiger partial charge in [0, 0.05) is 30.8 Å². The lowest BCUT2D eigenvalue weighted by molar-refractivity contribution is -0.116. The van der Waals surface area contributed by atoms with Gasteiger partial charge in [0.2, 0.25) is 5.91 Å². The number of para-hydroxylation sites is 1. The van der Waals surface area contributed by atoms with Crippen molar-refractivity contribution >= 4 is 29.1 Å². The van der Waals surface area contributed by atoms with Gasteiger partial charge in [0.05, 0.1) is 17.4 Å². The molecule has 1 aliphatic heterocycles. The third-order valence-electron chi connectivity index (χ3n) is 4.84. The van der Waals surface area contributed by atoms with Gasteiger partial charge in [0.1, 0.15) is 0 Å². The molecule has 1 saturated heterocycles. The number of hydrogen-bond donors (Lipinski definition) is 3. The lowest BCUT2D eigenvalue weighted by Crippen LogP contribution is -2.32. The van der Waals surface area contributed by atoms with Gasteiger partial charge < -0.3 is 20.7 Å². The van der Waals surface area contributed by atoms with E-state index in [1.807, 2.05) is 6.92 Å². The summed E-state index contributed by atoms with van der Waals surface area (Å²) in [6, 6.07) is 13.5. The summed E-state index contributed by atoms with van der Waals surface area (Å²) in [4.78, 5) is 36.9. The second kappa shape index (κ2) is 10.5. The Hall–Kier alpha value is -3.19. The Morgan fingerprint density at radius 1 is 1.00 bits per heavy atom. The molecule has 2 aromatic carbocycles. The standard InChI is InChI=1S/C23H27N3O4/c1-2-6-21(27)25-17-12-10-16(11-13-17)22(28)26-20-9-4-3-8-19(20)23(29)24-15-18-7-5-14-30-18/h3-4,8-13,18H,2,5-7,14-15H2,1H3,(H,24,29)(H,25,27)(H,26,28). The molecule has 3 rings (SSSR count). The minimum atomic E-state index is -0.333. The van der Waals surface area contributed by atoms with Crippen LogP contribution in [0.3, 0.4) is 0 Å². The topological polar surface area (TPSA) is 96.5 Å². The van der Waals surface area contributed by atoms with E-state index in [0.29, 0.717) is 35.5 Å². The highest BCUT2D eigenvalue weighted by molar-refractivity contribution is 6.09. The van der Waals surface area contributed by atoms with Crippen LogP contribution in [0.25, 0.3) is 0 Å². The van der Waals surface area contributed by atoms with Crippen LogP contribution < -0.4 is 16.0 Å². The predicted molar refractivity (Wildman–Crippen MR) is 116 cm³/mol. The van der Waals surface area contributed by atoms with Crippen LogP contribution in [0.2, 0.25) is 0 Å². The van der Waals surface area contributed by atoms with Gasteiger partial charge in [-0.05, 0) is 55.7 Å². The maximum absolute atomic E-state index is 12.6. The fourth-order valence-corrected chi connectivity index (χ4v) is 3.25. The van der Waals surface area contributed by atoms with Crippen LogP contribution in [-0.4, -0.2) is 37.0 Å². The highest BCUT2D eigenvalue weighted by Crippen LogP contribution is 2.18. The van der Waals surface area contributed by atoms with E-state index in [1.54, 1.807) is 48.5 Å². The molecule has 30 heavy (non-hydrogen) atoms. The number of nitrogens with one attached hydrogen (secondary N) is 3. The number of carbonyl (C=O) groups excluding carboxylic acids is 3. The van der Waals surface area contributed by atoms with Gasteiger partial charge in [-0.25, -0.2) is 0 Å². The van der Waals surface area contributed by atoms with Crippen molar-refractivity contribution in [2.45, 2.75) is 38.7 Å². The van der Waals surface area contributed by atoms with Crippen molar-refractivity contribution < 1.29 is 19.1 Å². The van der Waals surface area contributed by atoms with Crippen molar-refractivity contribution in [1.29, 1.82) is 0 Å². The molecule has 2 aromatic rings. The molecule has 0 saturated carbocycles. The number of amides is 3. The van der Waals surface area contributed by atoms with Crippen LogP contribution in [-0.2, 0) is 9.53 Å². The molecule has 7 nitrogen and oxygen atoms in total. The first-order chi connectivity index (χ1) is 14.6. The summed E-state index contributed by atoms with van der Waals surface area (Å²) in [6.45, 7) is 3.12. The molecule has 1 heterocycles. The number of rotatable bonds is 8. The summed E-state index contributed by atoms with van der Waals surface area (Å²) in [5.74, 6) is -0.645. The molecule has 3 amide bonds. The first-order valence-electron chi connectivity index (χ1n) is 10.3. The molecule has 158 valence electrons. The normalized spacial score (nSPS) is 15.4. The Morgan fingerprint density at radius 2 is 1.77 bits per heavy atom. The fraction of sp³-hybridized carbons (Fsp3) is 0.348. The van der Waals surface area contributed by atoms with Gasteiger partial charge in [-0.15, -0.1) is 0 Å². The smallest absolute Gasteiger partial charge is 0.255 e. The number of anilines is 2. The summed E-state index contributed by atoms with van der Waals surface area (Å²) in [6.07, 6.45) is 3.22. The second-order valence-corrected chi connectivity index (χ2v) is 7.22. The van der Waals surface area contributed by atoms with Crippen molar-refractivity contribution in [2.75, 3.05) is 23.8 Å². The molecular weight excluding hydrogens is 382 g/mol. The third kappa shape index (κ3) is 5.90. The molecule has 1 unspecified atom stereocenters. The van der Waals surface area contributed by atoms with Crippen LogP contribution >= 0.6 is 0 Å². The molecule has 7 heteroatoms. The molecule has 0 aromatic heterocycles. The minimum absolute atomic E-state index is 0.0482. The monoisotopic (exact) mass is 409 g/mol. The van der Waals surface area contributed by atoms with E-state index >= 15 is 0 Å². The number of hydrogen-bond acceptors (Lipinski definition) is 4. The van der Waals surface area contributed by atoms with Gasteiger partial charge in [0.25, 0.3) is 11.8 Å². The maximum atomic E-state index is 12.6. The first-order valence-corrected chi connectivity index (χ1v) is 10.3. The Morgan fingerprint density at radius 3 is 2.47 bits per heavy atom. The SMILES string of the molecule is CCCC(=O)Nc1ccc(C(=O)Nc2ccccc2C(=O)NCC2CCCO2)cc1. The van der Waals surface area contributed by atoms with Crippen molar-refractivity contribution in [2.24, 2.45) is 0 Å². The van der Waals surface area contributed by atoms with Crippen molar-refractivity contribution in [3.8, 4) is 0 Å². The molecule has 0 aliphatic carbocycles. The van der Waals surface area contributed by atoms with E-state index in [1.165, 1.54) is 0 Å². The van der Waals surface area contributed by atoms with E-state index in [4.69, 9.17) is 4.74 Å². The summed E-state index contributed by atoms with van der Waals surface area (Å²) >= 11 is 0. The van der Waals surface area contributed by atoms with E-state index in [-0.39, 0.29) is 23.8 Å². The number of ether oxygens (including phenoxy) is 1. The highest BCUT2D eigenvalue weighted by atomic mass is 16.5. The molecule has 3 N–H and O–H groups in total. The molecular formula is C23H27N3O4. The van der Waals surface area contributed by atoms with Gasteiger partial charge in [0.15, 0.2) is 0 Å². The Kier molecular flexibility index (Phi) is 7.57. The lowest BCUT2D eigenvalue weighted by Gasteiger charge is -2.14. The third-order valence-corrected chi connectivity index (χ3v) is 4.84. The fourth-order valence-electron chi connectivity index (χ4n) is 3.25. The second-order valence-electron chi connectivity index (χ2n) is 7.22. The largest absolute Gasteiger partial charge is 0.376 e. The average Bonchev–Trinajstić information content (AvgIpc) is 3.27. The average molecular weight is 409 g/mol. The zero-order chi connectivity index (χ0) is 21.3. The van der Waals surface area contributed by atoms with Crippen molar-refractivity contribution in [3.05, 3.63) is 59.7 Å². The highest BCUT2D eigenvalue weighted by Gasteiger charge is 2.18. The van der Waals surface area contributed by atoms with E-state index in [0.717, 1.165) is 25.9 Å². The predicted octanol–water partition coefficient (Wildman–Crippen LogP) is 3.59. The zero-order valence-electron chi connectivity index (χ0n) is 17.1. The van der Waals surface area contributed by atoms with E-state index < -0.39 is 0 Å². The minimum Gasteiger partial charge on any atom is -0.376 e. The molecule has 1 atom stereocenters. The van der Waals surface area contributed by atoms with E-state index in [9.17, 15) is 14.4 Å². The summed E-state index contributed by atoms with van der Waals surface area (Å²) in [7, 11) is 0. The van der Waals surface area contributed by atoms with Crippen LogP contribution in [0.15, 0.2) is 48.5 Å². The van der Waals surface area contributed by atoms with Crippen LogP contribution in [0.1, 0.15) is 53.3 Å². The molecule has 0 spiro atoms. The van der Waals surface area contributed by atoms with E-state index in [2.05, 4.69) is 16.0 Å². The molecule has 0 bridgehead atoms. The van der Waals surface area contributed by atoms with Gasteiger partial charge in [-0.1, -0.05) is 19.1 Å². The van der Waals surface area contributed by atoms with Crippen LogP contribution in [0.5, 0.6) is 0 Å². The quantitative estimate of drug-likeness (QED) is 0.621. The van der Waals surface area contributed by atoms with Crippen molar-refractivity contribution in [3.63, 3.8) is 0 Å². The molecule has 1 fully saturated rings. The molecule has 0 radical (unpaired) electrons. The van der Waals surface area contributed by atoms with Gasteiger partial charge in [-0.2, -0.15) is 0 Å². The lowest BCUT2D eigenvalue weighted by atomic mass is 10.1. The van der Waals surface area contributed by atoms with Crippen LogP contribution in [0.4, 0.5) is 11.4 Å². The van der Waals surface area contributed by atoms with Gasteiger partial charge >= 0.3 is 0 Å². The summed E-state index contributed by atoms with van der Waals surface area (Å²) in [5, 5.41) is 8.46. The van der Waals surface area contributed by atoms with Crippen molar-refractivity contribution in [1.82, 2.24) is 5.32 Å². The Labute approximate surface area is 176 Å². The summed E-state index contributed by atoms with van der Waals surface area (Å²) in [5.41, 5.74) is 1.90. The summed E-state index contributed by atoms with van der Waals surface area (Å²) < 4.78 is 5.53. The Bertz CT molecular complexity index is 890. The van der Waals surface area contributed by atoms with Crippen LogP contribution in [0, 0.1) is 0 Å².